The second-order valence-electron chi connectivity index (χ2n) is 6.42. The van der Waals surface area contributed by atoms with E-state index in [1.165, 1.54) is 22.2 Å². The van der Waals surface area contributed by atoms with Gasteiger partial charge >= 0.3 is 0 Å². The number of piperidine rings is 1. The number of sulfonamides is 1. The molecule has 1 aliphatic heterocycles. The first-order chi connectivity index (χ1) is 13.2. The Morgan fingerprint density at radius 2 is 1.89 bits per heavy atom. The Bertz CT molecular complexity index is 1210. The maximum absolute atomic E-state index is 13.4. The van der Waals surface area contributed by atoms with Crippen LogP contribution in [0.15, 0.2) is 46.2 Å². The highest BCUT2D eigenvalue weighted by Gasteiger charge is 2.39. The number of benzene rings is 1. The number of rotatable bonds is 3. The van der Waals surface area contributed by atoms with E-state index >= 15 is 0 Å². The van der Waals surface area contributed by atoms with Crippen molar-refractivity contribution in [3.8, 4) is 5.69 Å². The Kier molecular flexibility index (Phi) is 4.77. The van der Waals surface area contributed by atoms with Crippen molar-refractivity contribution < 1.29 is 17.2 Å². The van der Waals surface area contributed by atoms with Crippen LogP contribution in [-0.4, -0.2) is 40.7 Å². The normalized spacial score (nSPS) is 17.8. The first-order valence-corrected chi connectivity index (χ1v) is 10.9. The van der Waals surface area contributed by atoms with Crippen LogP contribution in [0, 0.1) is 0 Å². The lowest BCUT2D eigenvalue weighted by Crippen LogP contribution is -2.42. The maximum atomic E-state index is 13.4. The number of aromatic nitrogens is 2. The molecule has 0 aliphatic carbocycles. The minimum Gasteiger partial charge on any atom is -0.267 e. The molecule has 0 spiro atoms. The summed E-state index contributed by atoms with van der Waals surface area (Å²) in [5.41, 5.74) is -0.00491. The van der Waals surface area contributed by atoms with Crippen LogP contribution in [0.2, 0.25) is 5.02 Å². The molecule has 11 heteroatoms. The van der Waals surface area contributed by atoms with Gasteiger partial charge in [-0.05, 0) is 41.9 Å². The van der Waals surface area contributed by atoms with E-state index in [1.807, 2.05) is 0 Å². The molecule has 148 valence electrons. The number of nitrogens with zero attached hydrogens (tertiary/aromatic N) is 3. The summed E-state index contributed by atoms with van der Waals surface area (Å²) < 4.78 is 55.0. The Morgan fingerprint density at radius 1 is 1.18 bits per heavy atom. The van der Waals surface area contributed by atoms with Gasteiger partial charge in [-0.3, -0.25) is 4.79 Å². The van der Waals surface area contributed by atoms with E-state index < -0.39 is 28.8 Å². The van der Waals surface area contributed by atoms with Gasteiger partial charge in [0.1, 0.15) is 9.73 Å². The standard InChI is InChI=1S/C17H14ClF2N3O3S2/c18-13-4-3-11(23-16(24)12-2-1-7-21-15(12)27-23)10-14(13)28(25,26)22-8-5-17(19,20)6-9-22/h1-4,7,10H,5-6,8-9H2. The Labute approximate surface area is 168 Å². The molecular weight excluding hydrogens is 432 g/mol. The highest BCUT2D eigenvalue weighted by Crippen LogP contribution is 2.33. The summed E-state index contributed by atoms with van der Waals surface area (Å²) in [6.45, 7) is -0.578. The maximum Gasteiger partial charge on any atom is 0.274 e. The van der Waals surface area contributed by atoms with Gasteiger partial charge in [-0.1, -0.05) is 11.6 Å². The molecule has 0 bridgehead atoms. The van der Waals surface area contributed by atoms with Crippen molar-refractivity contribution in [3.63, 3.8) is 0 Å². The smallest absolute Gasteiger partial charge is 0.267 e. The Hall–Kier alpha value is -1.88. The van der Waals surface area contributed by atoms with E-state index in [4.69, 9.17) is 11.6 Å². The molecule has 2 aromatic heterocycles. The van der Waals surface area contributed by atoms with Crippen LogP contribution in [0.25, 0.3) is 15.9 Å². The largest absolute Gasteiger partial charge is 0.274 e. The second kappa shape index (κ2) is 6.87. The van der Waals surface area contributed by atoms with Gasteiger partial charge in [-0.2, -0.15) is 4.31 Å². The van der Waals surface area contributed by atoms with Crippen molar-refractivity contribution in [2.24, 2.45) is 0 Å². The van der Waals surface area contributed by atoms with E-state index in [0.29, 0.717) is 15.9 Å². The predicted octanol–water partition coefficient (Wildman–Crippen LogP) is 3.52. The summed E-state index contributed by atoms with van der Waals surface area (Å²) in [5, 5.41) is 0.387. The van der Waals surface area contributed by atoms with Gasteiger partial charge in [-0.15, -0.1) is 0 Å². The average molecular weight is 446 g/mol. The lowest BCUT2D eigenvalue weighted by Gasteiger charge is -2.31. The fourth-order valence-electron chi connectivity index (χ4n) is 3.04. The van der Waals surface area contributed by atoms with Gasteiger partial charge in [0.15, 0.2) is 0 Å². The van der Waals surface area contributed by atoms with Gasteiger partial charge in [0, 0.05) is 32.1 Å². The summed E-state index contributed by atoms with van der Waals surface area (Å²) in [7, 11) is -4.07. The van der Waals surface area contributed by atoms with Gasteiger partial charge in [0.2, 0.25) is 10.0 Å². The molecule has 1 aliphatic rings. The Balaban J connectivity index is 1.77. The van der Waals surface area contributed by atoms with Crippen LogP contribution in [0.1, 0.15) is 12.8 Å². The van der Waals surface area contributed by atoms with E-state index in [2.05, 4.69) is 4.98 Å². The lowest BCUT2D eigenvalue weighted by molar-refractivity contribution is -0.0412. The first-order valence-electron chi connectivity index (χ1n) is 8.34. The molecule has 3 heterocycles. The van der Waals surface area contributed by atoms with Crippen molar-refractivity contribution in [1.82, 2.24) is 13.2 Å². The SMILES string of the molecule is O=c1c2cccnc2sn1-c1ccc(Cl)c(S(=O)(=O)N2CCC(F)(F)CC2)c1. The molecule has 0 saturated carbocycles. The van der Waals surface area contributed by atoms with Gasteiger partial charge in [-0.25, -0.2) is 26.1 Å². The average Bonchev–Trinajstić information content (AvgIpc) is 2.99. The summed E-state index contributed by atoms with van der Waals surface area (Å²) in [6.07, 6.45) is 0.489. The van der Waals surface area contributed by atoms with Crippen LogP contribution in [0.3, 0.4) is 0 Å². The quantitative estimate of drug-likeness (QED) is 0.618. The fourth-order valence-corrected chi connectivity index (χ4v) is 5.91. The van der Waals surface area contributed by atoms with E-state index in [1.54, 1.807) is 18.3 Å². The molecule has 0 N–H and O–H groups in total. The topological polar surface area (TPSA) is 72.3 Å². The van der Waals surface area contributed by atoms with E-state index in [9.17, 15) is 22.0 Å². The second-order valence-corrected chi connectivity index (χ2v) is 9.67. The van der Waals surface area contributed by atoms with Crippen molar-refractivity contribution in [2.75, 3.05) is 13.1 Å². The number of pyridine rings is 1. The third-order valence-electron chi connectivity index (χ3n) is 4.58. The highest BCUT2D eigenvalue weighted by atomic mass is 35.5. The van der Waals surface area contributed by atoms with Crippen molar-refractivity contribution in [1.29, 1.82) is 0 Å². The van der Waals surface area contributed by atoms with Crippen LogP contribution in [0.4, 0.5) is 8.78 Å². The predicted molar refractivity (Wildman–Crippen MR) is 103 cm³/mol. The molecule has 28 heavy (non-hydrogen) atoms. The van der Waals surface area contributed by atoms with Crippen LogP contribution in [-0.2, 0) is 10.0 Å². The summed E-state index contributed by atoms with van der Waals surface area (Å²) >= 11 is 7.19. The van der Waals surface area contributed by atoms with Gasteiger partial charge in [0.05, 0.1) is 16.1 Å². The molecule has 0 atom stereocenters. The molecule has 0 amide bonds. The monoisotopic (exact) mass is 445 g/mol. The minimum absolute atomic E-state index is 0.0339. The third-order valence-corrected chi connectivity index (χ3v) is 8.02. The zero-order chi connectivity index (χ0) is 20.1. The molecule has 6 nitrogen and oxygen atoms in total. The highest BCUT2D eigenvalue weighted by molar-refractivity contribution is 7.89. The van der Waals surface area contributed by atoms with E-state index in [-0.39, 0.29) is 28.6 Å². The van der Waals surface area contributed by atoms with Crippen LogP contribution >= 0.6 is 23.1 Å². The number of hydrogen-bond acceptors (Lipinski definition) is 5. The lowest BCUT2D eigenvalue weighted by atomic mass is 10.1. The summed E-state index contributed by atoms with van der Waals surface area (Å²) in [5.74, 6) is -2.87. The molecule has 1 saturated heterocycles. The molecule has 1 aromatic carbocycles. The zero-order valence-corrected chi connectivity index (χ0v) is 16.7. The zero-order valence-electron chi connectivity index (χ0n) is 14.3. The molecular formula is C17H14ClF2N3O3S2. The summed E-state index contributed by atoms with van der Waals surface area (Å²) in [6, 6.07) is 7.49. The minimum atomic E-state index is -4.07. The summed E-state index contributed by atoms with van der Waals surface area (Å²) in [4.78, 5) is 17.0. The fraction of sp³-hybridized carbons (Fsp3) is 0.294. The number of alkyl halides is 2. The number of fused-ring (bicyclic) bond motifs is 1. The molecule has 3 aromatic rings. The Morgan fingerprint density at radius 3 is 2.57 bits per heavy atom. The molecule has 1 fully saturated rings. The number of hydrogen-bond donors (Lipinski definition) is 0. The van der Waals surface area contributed by atoms with Crippen LogP contribution in [0.5, 0.6) is 0 Å². The third kappa shape index (κ3) is 3.34. The van der Waals surface area contributed by atoms with Gasteiger partial charge < -0.3 is 0 Å². The molecule has 4 rings (SSSR count). The molecule has 0 radical (unpaired) electrons. The van der Waals surface area contributed by atoms with Crippen molar-refractivity contribution in [2.45, 2.75) is 23.7 Å². The van der Waals surface area contributed by atoms with Gasteiger partial charge in [0.25, 0.3) is 11.5 Å². The molecule has 0 unspecified atom stereocenters. The van der Waals surface area contributed by atoms with Crippen molar-refractivity contribution >= 4 is 43.4 Å². The van der Waals surface area contributed by atoms with Crippen molar-refractivity contribution in [3.05, 3.63) is 51.9 Å². The van der Waals surface area contributed by atoms with Crippen LogP contribution < -0.4 is 5.56 Å². The first kappa shape index (κ1) is 19.4. The number of halogens is 3. The van der Waals surface area contributed by atoms with E-state index in [0.717, 1.165) is 15.8 Å².